The quantitative estimate of drug-likeness (QED) is 0.474. The second-order valence-corrected chi connectivity index (χ2v) is 13.6. The van der Waals surface area contributed by atoms with Crippen LogP contribution in [0.3, 0.4) is 0 Å². The van der Waals surface area contributed by atoms with Gasteiger partial charge in [-0.15, -0.1) is 0 Å². The Kier molecular flexibility index (Phi) is 4.96. The number of benzene rings is 1. The molecule has 1 aromatic carbocycles. The van der Waals surface area contributed by atoms with Crippen LogP contribution in [0.15, 0.2) is 23.2 Å². The number of guanidine groups is 1. The summed E-state index contributed by atoms with van der Waals surface area (Å²) in [6.45, 7) is 5.59. The highest BCUT2D eigenvalue weighted by molar-refractivity contribution is 6.77. The summed E-state index contributed by atoms with van der Waals surface area (Å²) in [6, 6.07) is 10.7. The van der Waals surface area contributed by atoms with Gasteiger partial charge in [-0.1, -0.05) is 86.2 Å². The van der Waals surface area contributed by atoms with Crippen LogP contribution >= 0.6 is 0 Å². The van der Waals surface area contributed by atoms with E-state index in [9.17, 15) is 0 Å². The lowest BCUT2D eigenvalue weighted by Crippen LogP contribution is -2.76. The van der Waals surface area contributed by atoms with E-state index >= 15 is 0 Å². The molecule has 8 rings (SSSR count). The van der Waals surface area contributed by atoms with Crippen molar-refractivity contribution in [2.75, 3.05) is 0 Å². The molecule has 0 bridgehead atoms. The zero-order valence-electron chi connectivity index (χ0n) is 22.0. The average molecular weight is 470 g/mol. The minimum absolute atomic E-state index is 0.594. The molecule has 3 aliphatic heterocycles. The van der Waals surface area contributed by atoms with E-state index in [1.807, 2.05) is 0 Å². The number of nitrogens with zero attached hydrogens (tertiary/aromatic N) is 3. The molecule has 0 N–H and O–H groups in total. The Hall–Kier alpha value is -1.45. The van der Waals surface area contributed by atoms with E-state index in [1.54, 1.807) is 16.6 Å². The number of hydrogen-bond donors (Lipinski definition) is 0. The first-order chi connectivity index (χ1) is 17.2. The molecule has 0 spiro atoms. The molecule has 0 amide bonds. The van der Waals surface area contributed by atoms with Gasteiger partial charge >= 0.3 is 0 Å². The third kappa shape index (κ3) is 2.95. The molecule has 3 nitrogen and oxygen atoms in total. The molecule has 9 atom stereocenters. The Bertz CT molecular complexity index is 1020. The standard InChI is InChI=1S/C31H44BN3/c1-19-9-7-10-20(2)29(19)32-22-12-3-5-14-25(22)35-30-23(32)18-17-21-11-8-16-27(28(21)30)34-26-15-6-4-13-24(26)33-31(34)35/h7,9-10,21-28,30H,3-6,8,11-18H2,1-2H3. The van der Waals surface area contributed by atoms with Crippen LogP contribution < -0.4 is 5.46 Å². The number of rotatable bonds is 1. The summed E-state index contributed by atoms with van der Waals surface area (Å²) < 4.78 is 0. The molecule has 4 heteroatoms. The normalized spacial score (nSPS) is 43.7. The van der Waals surface area contributed by atoms with Gasteiger partial charge in [-0.05, 0) is 63.5 Å². The van der Waals surface area contributed by atoms with Gasteiger partial charge in [-0.3, -0.25) is 0 Å². The van der Waals surface area contributed by atoms with Gasteiger partial charge in [-0.25, -0.2) is 4.99 Å². The molecule has 2 saturated heterocycles. The zero-order valence-corrected chi connectivity index (χ0v) is 22.0. The minimum Gasteiger partial charge on any atom is -0.337 e. The topological polar surface area (TPSA) is 18.8 Å². The Labute approximate surface area is 213 Å². The van der Waals surface area contributed by atoms with Crippen LogP contribution in [0, 0.1) is 25.7 Å². The van der Waals surface area contributed by atoms with Crippen LogP contribution in [0.2, 0.25) is 11.6 Å². The largest absolute Gasteiger partial charge is 0.337 e. The first kappa shape index (κ1) is 21.6. The molecule has 0 aromatic heterocycles. The maximum absolute atomic E-state index is 5.68. The van der Waals surface area contributed by atoms with Crippen molar-refractivity contribution in [3.63, 3.8) is 0 Å². The maximum atomic E-state index is 5.68. The SMILES string of the molecule is Cc1cccc(C)c1B1C2CCCCC2N2C3=NC4CCCCC4N3C3CCCC4CCC1C2C43. The van der Waals surface area contributed by atoms with Gasteiger partial charge in [0, 0.05) is 24.0 Å². The van der Waals surface area contributed by atoms with E-state index in [0.717, 1.165) is 54.4 Å². The van der Waals surface area contributed by atoms with Crippen molar-refractivity contribution in [1.82, 2.24) is 9.80 Å². The molecule has 7 aliphatic rings. The fourth-order valence-electron chi connectivity index (χ4n) is 11.1. The molecule has 9 unspecified atom stereocenters. The van der Waals surface area contributed by atoms with Gasteiger partial charge in [0.1, 0.15) is 0 Å². The summed E-state index contributed by atoms with van der Waals surface area (Å²) in [4.78, 5) is 11.8. The van der Waals surface area contributed by atoms with Crippen LogP contribution in [0.4, 0.5) is 0 Å². The fraction of sp³-hybridized carbons (Fsp3) is 0.774. The van der Waals surface area contributed by atoms with E-state index in [0.29, 0.717) is 6.04 Å². The Balaban J connectivity index is 1.30. The fourth-order valence-corrected chi connectivity index (χ4v) is 11.1. The number of aliphatic imine (C=N–C) groups is 1. The van der Waals surface area contributed by atoms with E-state index in [4.69, 9.17) is 4.99 Å². The molecule has 186 valence electrons. The van der Waals surface area contributed by atoms with Crippen LogP contribution in [-0.4, -0.2) is 52.7 Å². The van der Waals surface area contributed by atoms with E-state index in [2.05, 4.69) is 41.8 Å². The van der Waals surface area contributed by atoms with Gasteiger partial charge in [0.15, 0.2) is 12.7 Å². The highest BCUT2D eigenvalue weighted by Gasteiger charge is 2.64. The lowest BCUT2D eigenvalue weighted by Gasteiger charge is -2.67. The molecule has 1 aromatic rings. The predicted octanol–water partition coefficient (Wildman–Crippen LogP) is 5.95. The molecule has 35 heavy (non-hydrogen) atoms. The average Bonchev–Trinajstić information content (AvgIpc) is 3.27. The van der Waals surface area contributed by atoms with Crippen molar-refractivity contribution in [2.24, 2.45) is 16.8 Å². The summed E-state index contributed by atoms with van der Waals surface area (Å²) in [5, 5.41) is 0. The van der Waals surface area contributed by atoms with Crippen LogP contribution in [0.5, 0.6) is 0 Å². The summed E-state index contributed by atoms with van der Waals surface area (Å²) in [5.74, 6) is 4.99. The number of hydrogen-bond acceptors (Lipinski definition) is 3. The van der Waals surface area contributed by atoms with E-state index < -0.39 is 0 Å². The summed E-state index contributed by atoms with van der Waals surface area (Å²) >= 11 is 0. The van der Waals surface area contributed by atoms with Crippen LogP contribution in [0.1, 0.15) is 94.6 Å². The van der Waals surface area contributed by atoms with Gasteiger partial charge in [0.25, 0.3) is 0 Å². The third-order valence-corrected chi connectivity index (χ3v) is 12.2. The van der Waals surface area contributed by atoms with Crippen molar-refractivity contribution in [3.05, 3.63) is 29.3 Å². The minimum atomic E-state index is 0.594. The first-order valence-electron chi connectivity index (χ1n) is 15.4. The highest BCUT2D eigenvalue weighted by atomic mass is 15.5. The lowest BCUT2D eigenvalue weighted by molar-refractivity contribution is -0.0546. The molecule has 6 fully saturated rings. The van der Waals surface area contributed by atoms with E-state index in [1.165, 1.54) is 89.4 Å². The number of fused-ring (bicyclic) bond motifs is 7. The lowest BCUT2D eigenvalue weighted by atomic mass is 9.22. The van der Waals surface area contributed by atoms with Crippen molar-refractivity contribution >= 4 is 18.1 Å². The Morgan fingerprint density at radius 1 is 0.714 bits per heavy atom. The molecule has 3 heterocycles. The van der Waals surface area contributed by atoms with Crippen molar-refractivity contribution in [3.8, 4) is 0 Å². The van der Waals surface area contributed by atoms with Crippen LogP contribution in [-0.2, 0) is 0 Å². The molecule has 4 saturated carbocycles. The highest BCUT2D eigenvalue weighted by Crippen LogP contribution is 2.60. The summed E-state index contributed by atoms with van der Waals surface area (Å²) in [5.41, 5.74) is 4.89. The molecule has 0 radical (unpaired) electrons. The van der Waals surface area contributed by atoms with Gasteiger partial charge in [0.05, 0.1) is 12.1 Å². The molecular weight excluding hydrogens is 425 g/mol. The Morgan fingerprint density at radius 3 is 2.31 bits per heavy atom. The van der Waals surface area contributed by atoms with E-state index in [-0.39, 0.29) is 0 Å². The van der Waals surface area contributed by atoms with Gasteiger partial charge in [-0.2, -0.15) is 0 Å². The Morgan fingerprint density at radius 2 is 1.46 bits per heavy atom. The zero-order chi connectivity index (χ0) is 23.3. The van der Waals surface area contributed by atoms with Crippen molar-refractivity contribution < 1.29 is 0 Å². The van der Waals surface area contributed by atoms with Gasteiger partial charge < -0.3 is 9.80 Å². The second-order valence-electron chi connectivity index (χ2n) is 13.6. The van der Waals surface area contributed by atoms with Crippen LogP contribution in [0.25, 0.3) is 0 Å². The second kappa shape index (κ2) is 8.03. The smallest absolute Gasteiger partial charge is 0.198 e. The molecular formula is C31H44BN3. The molecule has 4 aliphatic carbocycles. The third-order valence-electron chi connectivity index (χ3n) is 12.2. The van der Waals surface area contributed by atoms with Crippen molar-refractivity contribution in [1.29, 1.82) is 0 Å². The first-order valence-corrected chi connectivity index (χ1v) is 15.4. The monoisotopic (exact) mass is 469 g/mol. The maximum Gasteiger partial charge on any atom is 0.198 e. The van der Waals surface area contributed by atoms with Gasteiger partial charge in [0.2, 0.25) is 0 Å². The van der Waals surface area contributed by atoms with Crippen molar-refractivity contribution in [2.45, 2.75) is 139 Å². The summed E-state index contributed by atoms with van der Waals surface area (Å²) in [7, 11) is 0. The number of aryl methyl sites for hydroxylation is 2. The summed E-state index contributed by atoms with van der Waals surface area (Å²) in [6.07, 6.45) is 18.6. The predicted molar refractivity (Wildman–Crippen MR) is 146 cm³/mol.